The van der Waals surface area contributed by atoms with Crippen molar-refractivity contribution < 1.29 is 4.79 Å². The van der Waals surface area contributed by atoms with Gasteiger partial charge in [-0.05, 0) is 29.7 Å². The Kier molecular flexibility index (Phi) is 2.86. The van der Waals surface area contributed by atoms with Gasteiger partial charge in [-0.15, -0.1) is 0 Å². The van der Waals surface area contributed by atoms with Gasteiger partial charge in [0.05, 0.1) is 0 Å². The van der Waals surface area contributed by atoms with Gasteiger partial charge in [-0.2, -0.15) is 0 Å². The number of allylic oxidation sites excluding steroid dienone is 1. The van der Waals surface area contributed by atoms with Crippen molar-refractivity contribution >= 4 is 12.4 Å². The summed E-state index contributed by atoms with van der Waals surface area (Å²) in [6.07, 6.45) is 7.56. The monoisotopic (exact) mass is 163 g/mol. The zero-order chi connectivity index (χ0) is 8.97. The fourth-order valence-corrected chi connectivity index (χ4v) is 1.04. The molecule has 0 radical (unpaired) electrons. The third-order valence-corrected chi connectivity index (χ3v) is 1.77. The molecule has 0 fully saturated rings. The molecule has 2 heteroatoms. The number of hydrogen-bond donors (Lipinski definition) is 0. The van der Waals surface area contributed by atoms with Gasteiger partial charge in [0, 0.05) is 19.4 Å². The smallest absolute Gasteiger partial charge is 0.146 e. The Labute approximate surface area is 72.5 Å². The molecule has 1 heterocycles. The highest BCUT2D eigenvalue weighted by atomic mass is 16.1. The van der Waals surface area contributed by atoms with Crippen molar-refractivity contribution in [3.63, 3.8) is 0 Å². The topological polar surface area (TPSA) is 22.0 Å². The van der Waals surface area contributed by atoms with Gasteiger partial charge in [0.25, 0.3) is 0 Å². The SMILES string of the molecule is CC/C(C=O)=C/c1ccn(C)c1. The normalized spacial score (nSPS) is 11.7. The van der Waals surface area contributed by atoms with E-state index in [0.29, 0.717) is 0 Å². The maximum absolute atomic E-state index is 10.5. The van der Waals surface area contributed by atoms with Gasteiger partial charge in [0.2, 0.25) is 0 Å². The van der Waals surface area contributed by atoms with Crippen LogP contribution in [0.2, 0.25) is 0 Å². The van der Waals surface area contributed by atoms with Crippen LogP contribution in [0, 0.1) is 0 Å². The van der Waals surface area contributed by atoms with E-state index in [-0.39, 0.29) is 0 Å². The molecule has 0 unspecified atom stereocenters. The zero-order valence-electron chi connectivity index (χ0n) is 7.45. The van der Waals surface area contributed by atoms with Gasteiger partial charge < -0.3 is 4.57 Å². The van der Waals surface area contributed by atoms with Gasteiger partial charge in [0.1, 0.15) is 6.29 Å². The number of aryl methyl sites for hydroxylation is 1. The van der Waals surface area contributed by atoms with E-state index in [1.165, 1.54) is 0 Å². The van der Waals surface area contributed by atoms with Crippen LogP contribution in [0.4, 0.5) is 0 Å². The largest absolute Gasteiger partial charge is 0.357 e. The number of carbonyl (C=O) groups excluding carboxylic acids is 1. The lowest BCUT2D eigenvalue weighted by molar-refractivity contribution is -0.104. The molecule has 0 amide bonds. The summed E-state index contributed by atoms with van der Waals surface area (Å²) in [5.74, 6) is 0. The van der Waals surface area contributed by atoms with Crippen LogP contribution in [0.15, 0.2) is 24.0 Å². The number of rotatable bonds is 3. The molecule has 2 nitrogen and oxygen atoms in total. The second-order valence-electron chi connectivity index (χ2n) is 2.80. The standard InChI is InChI=1S/C10H13NO/c1-3-9(8-12)6-10-4-5-11(2)7-10/h4-8H,3H2,1-2H3/b9-6-. The second kappa shape index (κ2) is 3.90. The summed E-state index contributed by atoms with van der Waals surface area (Å²) in [5.41, 5.74) is 1.92. The Hall–Kier alpha value is -1.31. The van der Waals surface area contributed by atoms with Gasteiger partial charge in [-0.25, -0.2) is 0 Å². The van der Waals surface area contributed by atoms with E-state index in [0.717, 1.165) is 23.8 Å². The highest BCUT2D eigenvalue weighted by Crippen LogP contribution is 2.07. The number of hydrogen-bond acceptors (Lipinski definition) is 1. The Balaban J connectivity index is 2.85. The van der Waals surface area contributed by atoms with Crippen molar-refractivity contribution in [3.05, 3.63) is 29.6 Å². The first-order valence-corrected chi connectivity index (χ1v) is 4.04. The molecule has 1 rings (SSSR count). The molecular weight excluding hydrogens is 150 g/mol. The molecule has 64 valence electrons. The van der Waals surface area contributed by atoms with Crippen molar-refractivity contribution in [2.24, 2.45) is 7.05 Å². The first-order chi connectivity index (χ1) is 5.76. The zero-order valence-corrected chi connectivity index (χ0v) is 7.45. The van der Waals surface area contributed by atoms with Crippen molar-refractivity contribution in [2.75, 3.05) is 0 Å². The van der Waals surface area contributed by atoms with E-state index in [1.807, 2.05) is 43.1 Å². The highest BCUT2D eigenvalue weighted by Gasteiger charge is 1.93. The lowest BCUT2D eigenvalue weighted by Crippen LogP contribution is -1.81. The van der Waals surface area contributed by atoms with E-state index in [1.54, 1.807) is 0 Å². The van der Waals surface area contributed by atoms with Gasteiger partial charge in [0.15, 0.2) is 0 Å². The predicted molar refractivity (Wildman–Crippen MR) is 49.7 cm³/mol. The average molecular weight is 163 g/mol. The van der Waals surface area contributed by atoms with E-state index in [9.17, 15) is 4.79 Å². The molecule has 0 saturated carbocycles. The van der Waals surface area contributed by atoms with E-state index in [4.69, 9.17) is 0 Å². The summed E-state index contributed by atoms with van der Waals surface area (Å²) in [4.78, 5) is 10.5. The number of aldehydes is 1. The summed E-state index contributed by atoms with van der Waals surface area (Å²) in [6, 6.07) is 1.99. The molecule has 0 saturated heterocycles. The predicted octanol–water partition coefficient (Wildman–Crippen LogP) is 2.02. The first kappa shape index (κ1) is 8.78. The molecule has 0 aliphatic carbocycles. The summed E-state index contributed by atoms with van der Waals surface area (Å²) >= 11 is 0. The number of carbonyl (C=O) groups is 1. The van der Waals surface area contributed by atoms with E-state index < -0.39 is 0 Å². The summed E-state index contributed by atoms with van der Waals surface area (Å²) in [6.45, 7) is 1.98. The average Bonchev–Trinajstić information content (AvgIpc) is 2.47. The van der Waals surface area contributed by atoms with E-state index in [2.05, 4.69) is 0 Å². The van der Waals surface area contributed by atoms with E-state index >= 15 is 0 Å². The number of nitrogens with zero attached hydrogens (tertiary/aromatic N) is 1. The van der Waals surface area contributed by atoms with Gasteiger partial charge in [-0.3, -0.25) is 4.79 Å². The highest BCUT2D eigenvalue weighted by molar-refractivity contribution is 5.81. The van der Waals surface area contributed by atoms with Crippen molar-refractivity contribution in [1.82, 2.24) is 4.57 Å². The maximum atomic E-state index is 10.5. The summed E-state index contributed by atoms with van der Waals surface area (Å²) < 4.78 is 1.96. The molecule has 0 aliphatic heterocycles. The first-order valence-electron chi connectivity index (χ1n) is 4.04. The van der Waals surface area contributed by atoms with Gasteiger partial charge >= 0.3 is 0 Å². The molecule has 0 N–H and O–H groups in total. The summed E-state index contributed by atoms with van der Waals surface area (Å²) in [5, 5.41) is 0. The Morgan fingerprint density at radius 2 is 2.42 bits per heavy atom. The van der Waals surface area contributed by atoms with Crippen LogP contribution >= 0.6 is 0 Å². The Morgan fingerprint density at radius 1 is 1.67 bits per heavy atom. The minimum atomic E-state index is 0.790. The maximum Gasteiger partial charge on any atom is 0.146 e. The fourth-order valence-electron chi connectivity index (χ4n) is 1.04. The lowest BCUT2D eigenvalue weighted by atomic mass is 10.1. The molecule has 1 aromatic rings. The second-order valence-corrected chi connectivity index (χ2v) is 2.80. The van der Waals surface area contributed by atoms with Crippen LogP contribution in [-0.4, -0.2) is 10.9 Å². The van der Waals surface area contributed by atoms with Crippen molar-refractivity contribution in [2.45, 2.75) is 13.3 Å². The van der Waals surface area contributed by atoms with Crippen LogP contribution in [0.1, 0.15) is 18.9 Å². The van der Waals surface area contributed by atoms with Crippen LogP contribution in [0.5, 0.6) is 0 Å². The third-order valence-electron chi connectivity index (χ3n) is 1.77. The quantitative estimate of drug-likeness (QED) is 0.493. The Bertz CT molecular complexity index is 297. The molecule has 0 spiro atoms. The Morgan fingerprint density at radius 3 is 2.83 bits per heavy atom. The van der Waals surface area contributed by atoms with Crippen molar-refractivity contribution in [1.29, 1.82) is 0 Å². The molecule has 0 aliphatic rings. The minimum Gasteiger partial charge on any atom is -0.357 e. The minimum absolute atomic E-state index is 0.790. The molecule has 0 bridgehead atoms. The summed E-state index contributed by atoms with van der Waals surface area (Å²) in [7, 11) is 1.96. The molecular formula is C10H13NO. The lowest BCUT2D eigenvalue weighted by Gasteiger charge is -1.90. The third kappa shape index (κ3) is 2.09. The fraction of sp³-hybridized carbons (Fsp3) is 0.300. The van der Waals surface area contributed by atoms with Crippen molar-refractivity contribution in [3.8, 4) is 0 Å². The van der Waals surface area contributed by atoms with Crippen LogP contribution in [0.3, 0.4) is 0 Å². The van der Waals surface area contributed by atoms with Crippen LogP contribution in [-0.2, 0) is 11.8 Å². The molecule has 0 aromatic carbocycles. The van der Waals surface area contributed by atoms with Crippen LogP contribution in [0.25, 0.3) is 6.08 Å². The van der Waals surface area contributed by atoms with Crippen LogP contribution < -0.4 is 0 Å². The number of aromatic nitrogens is 1. The molecule has 0 atom stereocenters. The molecule has 1 aromatic heterocycles. The van der Waals surface area contributed by atoms with Gasteiger partial charge in [-0.1, -0.05) is 6.92 Å². The molecule has 12 heavy (non-hydrogen) atoms.